The van der Waals surface area contributed by atoms with Crippen LogP contribution in [0, 0.1) is 5.82 Å². The Morgan fingerprint density at radius 1 is 1.20 bits per heavy atom. The zero-order chi connectivity index (χ0) is 18.6. The van der Waals surface area contributed by atoms with E-state index < -0.39 is 23.5 Å². The summed E-state index contributed by atoms with van der Waals surface area (Å²) in [4.78, 5) is 12.4. The van der Waals surface area contributed by atoms with E-state index in [9.17, 15) is 22.4 Å². The number of alkyl halides is 3. The second kappa shape index (κ2) is 7.99. The van der Waals surface area contributed by atoms with Crippen molar-refractivity contribution in [2.75, 3.05) is 0 Å². The van der Waals surface area contributed by atoms with Crippen LogP contribution in [-0.2, 0) is 17.5 Å². The van der Waals surface area contributed by atoms with Gasteiger partial charge in [0, 0.05) is 16.6 Å². The van der Waals surface area contributed by atoms with Crippen LogP contribution >= 0.6 is 15.9 Å². The largest absolute Gasteiger partial charge is 0.416 e. The fourth-order valence-corrected chi connectivity index (χ4v) is 2.90. The van der Waals surface area contributed by atoms with Crippen LogP contribution in [-0.4, -0.2) is 5.91 Å². The molecule has 0 fully saturated rings. The summed E-state index contributed by atoms with van der Waals surface area (Å²) in [6.45, 7) is 1.52. The van der Waals surface area contributed by atoms with E-state index in [0.717, 1.165) is 22.2 Å². The molecule has 2 rings (SSSR count). The van der Waals surface area contributed by atoms with Gasteiger partial charge in [0.2, 0.25) is 5.91 Å². The molecule has 0 radical (unpaired) electrons. The minimum atomic E-state index is -4.56. The Kier molecular flexibility index (Phi) is 6.21. The fraction of sp³-hybridized carbons (Fsp3) is 0.278. The number of hydrogen-bond donors (Lipinski definition) is 1. The molecule has 2 nitrogen and oxygen atoms in total. The molecule has 0 aliphatic carbocycles. The molecule has 0 heterocycles. The van der Waals surface area contributed by atoms with Gasteiger partial charge in [-0.05, 0) is 42.3 Å². The molecule has 0 spiro atoms. The average molecular weight is 418 g/mol. The maximum atomic E-state index is 13.7. The van der Waals surface area contributed by atoms with E-state index in [4.69, 9.17) is 0 Å². The lowest BCUT2D eigenvalue weighted by Gasteiger charge is -2.16. The zero-order valence-corrected chi connectivity index (χ0v) is 14.9. The molecule has 1 atom stereocenters. The van der Waals surface area contributed by atoms with Crippen molar-refractivity contribution in [3.63, 3.8) is 0 Å². The van der Waals surface area contributed by atoms with Crippen molar-refractivity contribution < 1.29 is 22.4 Å². The monoisotopic (exact) mass is 417 g/mol. The van der Waals surface area contributed by atoms with Crippen LogP contribution in [0.3, 0.4) is 0 Å². The summed E-state index contributed by atoms with van der Waals surface area (Å²) in [7, 11) is 0. The van der Waals surface area contributed by atoms with Crippen molar-refractivity contribution in [2.45, 2.75) is 32.0 Å². The first-order chi connectivity index (χ1) is 11.7. The Balaban J connectivity index is 2.13. The first-order valence-corrected chi connectivity index (χ1v) is 8.40. The normalized spacial score (nSPS) is 12.7. The molecule has 25 heavy (non-hydrogen) atoms. The van der Waals surface area contributed by atoms with Gasteiger partial charge in [-0.15, -0.1) is 0 Å². The van der Waals surface area contributed by atoms with Crippen LogP contribution in [0.1, 0.15) is 36.0 Å². The zero-order valence-electron chi connectivity index (χ0n) is 13.3. The van der Waals surface area contributed by atoms with Crippen LogP contribution in [0.25, 0.3) is 0 Å². The minimum absolute atomic E-state index is 0.202. The molecule has 0 aromatic heterocycles. The van der Waals surface area contributed by atoms with Crippen molar-refractivity contribution in [1.82, 2.24) is 5.32 Å². The summed E-state index contributed by atoms with van der Waals surface area (Å²) in [5.41, 5.74) is -0.372. The van der Waals surface area contributed by atoms with Gasteiger partial charge in [-0.3, -0.25) is 4.79 Å². The summed E-state index contributed by atoms with van der Waals surface area (Å²) in [6, 6.07) is 9.37. The molecule has 0 aliphatic rings. The molecular formula is C18H16BrF4NO. The van der Waals surface area contributed by atoms with Gasteiger partial charge in [0.15, 0.2) is 0 Å². The van der Waals surface area contributed by atoms with E-state index >= 15 is 0 Å². The maximum absolute atomic E-state index is 13.7. The van der Waals surface area contributed by atoms with Crippen LogP contribution in [0.4, 0.5) is 17.6 Å². The summed E-state index contributed by atoms with van der Waals surface area (Å²) in [5, 5.41) is 2.53. The molecule has 7 heteroatoms. The van der Waals surface area contributed by atoms with E-state index in [2.05, 4.69) is 21.2 Å². The maximum Gasteiger partial charge on any atom is 0.416 e. The number of carbonyl (C=O) groups excluding carboxylic acids is 1. The van der Waals surface area contributed by atoms with Crippen molar-refractivity contribution in [1.29, 1.82) is 0 Å². The highest BCUT2D eigenvalue weighted by Gasteiger charge is 2.31. The molecular weight excluding hydrogens is 402 g/mol. The average Bonchev–Trinajstić information content (AvgIpc) is 2.53. The molecule has 0 aliphatic heterocycles. The Bertz CT molecular complexity index is 761. The second-order valence-corrected chi connectivity index (χ2v) is 6.45. The summed E-state index contributed by atoms with van der Waals surface area (Å²) in [6.07, 6.45) is -4.05. The third-order valence-electron chi connectivity index (χ3n) is 3.80. The van der Waals surface area contributed by atoms with Gasteiger partial charge in [0.25, 0.3) is 0 Å². The molecule has 2 aromatic carbocycles. The highest BCUT2D eigenvalue weighted by molar-refractivity contribution is 9.10. The van der Waals surface area contributed by atoms with Crippen molar-refractivity contribution in [3.8, 4) is 0 Å². The first-order valence-electron chi connectivity index (χ1n) is 7.61. The van der Waals surface area contributed by atoms with Gasteiger partial charge < -0.3 is 5.32 Å². The number of halogens is 5. The Morgan fingerprint density at radius 3 is 2.52 bits per heavy atom. The van der Waals surface area contributed by atoms with Crippen LogP contribution in [0.15, 0.2) is 46.9 Å². The molecule has 0 saturated heterocycles. The van der Waals surface area contributed by atoms with E-state index in [1.807, 2.05) is 13.0 Å². The summed E-state index contributed by atoms with van der Waals surface area (Å²) >= 11 is 3.33. The standard InChI is InChI=1S/C18H16BrF4NO/c1-2-15(11-4-3-5-14(19)9-11)17(25)24-10-12-8-13(18(21,22)23)6-7-16(12)20/h3-9,15H,2,10H2,1H3,(H,24,25)/t15-/m1/s1. The van der Waals surface area contributed by atoms with Crippen LogP contribution in [0.2, 0.25) is 0 Å². The third kappa shape index (κ3) is 5.04. The van der Waals surface area contributed by atoms with E-state index in [1.165, 1.54) is 0 Å². The van der Waals surface area contributed by atoms with Crippen LogP contribution < -0.4 is 5.32 Å². The number of rotatable bonds is 5. The van der Waals surface area contributed by atoms with Gasteiger partial charge in [-0.2, -0.15) is 13.2 Å². The summed E-state index contributed by atoms with van der Waals surface area (Å²) < 4.78 is 52.7. The van der Waals surface area contributed by atoms with Crippen LogP contribution in [0.5, 0.6) is 0 Å². The first kappa shape index (κ1) is 19.4. The number of hydrogen-bond acceptors (Lipinski definition) is 1. The van der Waals surface area contributed by atoms with Gasteiger partial charge >= 0.3 is 6.18 Å². The van der Waals surface area contributed by atoms with Crippen molar-refractivity contribution in [3.05, 3.63) is 69.4 Å². The Hall–Kier alpha value is -1.89. The molecule has 1 N–H and O–H groups in total. The molecule has 134 valence electrons. The lowest BCUT2D eigenvalue weighted by molar-refractivity contribution is -0.137. The highest BCUT2D eigenvalue weighted by Crippen LogP contribution is 2.30. The smallest absolute Gasteiger partial charge is 0.351 e. The number of nitrogens with one attached hydrogen (secondary N) is 1. The van der Waals surface area contributed by atoms with Gasteiger partial charge in [0.1, 0.15) is 5.82 Å². The molecule has 0 bridgehead atoms. The van der Waals surface area contributed by atoms with Crippen molar-refractivity contribution >= 4 is 21.8 Å². The number of carbonyl (C=O) groups is 1. The predicted octanol–water partition coefficient (Wildman–Crippen LogP) is 5.42. The molecule has 0 saturated carbocycles. The fourth-order valence-electron chi connectivity index (χ4n) is 2.49. The van der Waals surface area contributed by atoms with E-state index in [1.54, 1.807) is 18.2 Å². The summed E-state index contributed by atoms with van der Waals surface area (Å²) in [5.74, 6) is -1.62. The number of benzene rings is 2. The predicted molar refractivity (Wildman–Crippen MR) is 90.4 cm³/mol. The Morgan fingerprint density at radius 2 is 1.92 bits per heavy atom. The molecule has 0 unspecified atom stereocenters. The SMILES string of the molecule is CC[C@@H](C(=O)NCc1cc(C(F)(F)F)ccc1F)c1cccc(Br)c1. The molecule has 2 aromatic rings. The quantitative estimate of drug-likeness (QED) is 0.646. The number of amides is 1. The highest BCUT2D eigenvalue weighted by atomic mass is 79.9. The van der Waals surface area contributed by atoms with Gasteiger partial charge in [0.05, 0.1) is 11.5 Å². The van der Waals surface area contributed by atoms with Crippen molar-refractivity contribution in [2.24, 2.45) is 0 Å². The third-order valence-corrected chi connectivity index (χ3v) is 4.30. The minimum Gasteiger partial charge on any atom is -0.351 e. The Labute approximate surface area is 151 Å². The lowest BCUT2D eigenvalue weighted by atomic mass is 9.95. The lowest BCUT2D eigenvalue weighted by Crippen LogP contribution is -2.29. The molecule has 1 amide bonds. The van der Waals surface area contributed by atoms with E-state index in [0.29, 0.717) is 12.5 Å². The topological polar surface area (TPSA) is 29.1 Å². The van der Waals surface area contributed by atoms with E-state index in [-0.39, 0.29) is 18.0 Å². The van der Waals surface area contributed by atoms with Gasteiger partial charge in [-0.1, -0.05) is 35.0 Å². The van der Waals surface area contributed by atoms with Gasteiger partial charge in [-0.25, -0.2) is 4.39 Å². The second-order valence-electron chi connectivity index (χ2n) is 5.54.